The Kier molecular flexibility index (Phi) is 6.08. The maximum absolute atomic E-state index is 5.73. The summed E-state index contributed by atoms with van der Waals surface area (Å²) >= 11 is 0. The molecule has 1 aromatic heterocycles. The van der Waals surface area contributed by atoms with Crippen LogP contribution in [0.5, 0.6) is 5.75 Å². The van der Waals surface area contributed by atoms with Crippen LogP contribution in [0.4, 0.5) is 0 Å². The van der Waals surface area contributed by atoms with Crippen LogP contribution >= 0.6 is 0 Å². The summed E-state index contributed by atoms with van der Waals surface area (Å²) in [4.78, 5) is 0. The standard InChI is InChI=1S/C17H26N2O2/c1-3-11-21-15-5-6-17-14(12-15)7-9-19(17)10-8-16(13-18)20-4-2/h5-7,9,12,16H,3-4,8,10-11,13,18H2,1-2H3. The van der Waals surface area contributed by atoms with E-state index in [0.29, 0.717) is 13.2 Å². The predicted octanol–water partition coefficient (Wildman–Crippen LogP) is 3.18. The van der Waals surface area contributed by atoms with Crippen molar-refractivity contribution in [1.82, 2.24) is 4.57 Å². The Bertz CT molecular complexity index is 551. The maximum atomic E-state index is 5.73. The highest BCUT2D eigenvalue weighted by Crippen LogP contribution is 2.22. The fraction of sp³-hybridized carbons (Fsp3) is 0.529. The molecule has 4 heteroatoms. The molecule has 1 atom stereocenters. The van der Waals surface area contributed by atoms with Crippen molar-refractivity contribution in [1.29, 1.82) is 0 Å². The molecule has 0 saturated heterocycles. The van der Waals surface area contributed by atoms with E-state index in [9.17, 15) is 0 Å². The predicted molar refractivity (Wildman–Crippen MR) is 86.8 cm³/mol. The highest BCUT2D eigenvalue weighted by molar-refractivity contribution is 5.81. The molecule has 0 saturated carbocycles. The van der Waals surface area contributed by atoms with Crippen molar-refractivity contribution in [2.45, 2.75) is 39.3 Å². The molecule has 0 fully saturated rings. The fourth-order valence-electron chi connectivity index (χ4n) is 2.47. The first-order chi connectivity index (χ1) is 10.3. The highest BCUT2D eigenvalue weighted by Gasteiger charge is 2.08. The van der Waals surface area contributed by atoms with Gasteiger partial charge in [0.05, 0.1) is 12.7 Å². The number of aromatic nitrogens is 1. The Labute approximate surface area is 126 Å². The summed E-state index contributed by atoms with van der Waals surface area (Å²) in [7, 11) is 0. The van der Waals surface area contributed by atoms with Crippen LogP contribution in [-0.4, -0.2) is 30.4 Å². The molecular weight excluding hydrogens is 264 g/mol. The first-order valence-electron chi connectivity index (χ1n) is 7.81. The van der Waals surface area contributed by atoms with E-state index < -0.39 is 0 Å². The van der Waals surface area contributed by atoms with Gasteiger partial charge in [-0.15, -0.1) is 0 Å². The molecule has 0 aliphatic carbocycles. The third-order valence-corrected chi connectivity index (χ3v) is 3.57. The maximum Gasteiger partial charge on any atom is 0.120 e. The van der Waals surface area contributed by atoms with Gasteiger partial charge in [-0.05, 0) is 44.0 Å². The average molecular weight is 290 g/mol. The van der Waals surface area contributed by atoms with E-state index in [0.717, 1.165) is 31.7 Å². The van der Waals surface area contributed by atoms with E-state index in [1.54, 1.807) is 0 Å². The number of fused-ring (bicyclic) bond motifs is 1. The summed E-state index contributed by atoms with van der Waals surface area (Å²) in [5, 5.41) is 1.21. The van der Waals surface area contributed by atoms with Crippen molar-refractivity contribution < 1.29 is 9.47 Å². The second-order valence-electron chi connectivity index (χ2n) is 5.18. The highest BCUT2D eigenvalue weighted by atomic mass is 16.5. The monoisotopic (exact) mass is 290 g/mol. The zero-order chi connectivity index (χ0) is 15.1. The lowest BCUT2D eigenvalue weighted by molar-refractivity contribution is 0.0601. The van der Waals surface area contributed by atoms with Gasteiger partial charge in [0.1, 0.15) is 5.75 Å². The van der Waals surface area contributed by atoms with Gasteiger partial charge in [-0.2, -0.15) is 0 Å². The molecule has 2 N–H and O–H groups in total. The second-order valence-corrected chi connectivity index (χ2v) is 5.18. The van der Waals surface area contributed by atoms with Crippen LogP contribution in [0.1, 0.15) is 26.7 Å². The molecule has 4 nitrogen and oxygen atoms in total. The molecule has 0 aliphatic rings. The number of nitrogens with two attached hydrogens (primary N) is 1. The number of aryl methyl sites for hydroxylation is 1. The lowest BCUT2D eigenvalue weighted by Gasteiger charge is -2.15. The van der Waals surface area contributed by atoms with Crippen molar-refractivity contribution in [3.63, 3.8) is 0 Å². The van der Waals surface area contributed by atoms with E-state index in [4.69, 9.17) is 15.2 Å². The smallest absolute Gasteiger partial charge is 0.120 e. The zero-order valence-electron chi connectivity index (χ0n) is 13.0. The van der Waals surface area contributed by atoms with Crippen LogP contribution in [0.2, 0.25) is 0 Å². The number of benzene rings is 1. The van der Waals surface area contributed by atoms with Gasteiger partial charge in [0, 0.05) is 36.8 Å². The SMILES string of the molecule is CCCOc1ccc2c(ccn2CCC(CN)OCC)c1. The number of hydrogen-bond donors (Lipinski definition) is 1. The van der Waals surface area contributed by atoms with E-state index >= 15 is 0 Å². The van der Waals surface area contributed by atoms with Crippen LogP contribution in [0, 0.1) is 0 Å². The Hall–Kier alpha value is -1.52. The van der Waals surface area contributed by atoms with Crippen LogP contribution in [0.25, 0.3) is 10.9 Å². The first-order valence-corrected chi connectivity index (χ1v) is 7.81. The van der Waals surface area contributed by atoms with Gasteiger partial charge < -0.3 is 19.8 Å². The normalized spacial score (nSPS) is 12.7. The Balaban J connectivity index is 2.04. The number of rotatable bonds is 9. The van der Waals surface area contributed by atoms with Crippen molar-refractivity contribution in [2.75, 3.05) is 19.8 Å². The zero-order valence-corrected chi connectivity index (χ0v) is 13.0. The molecule has 1 heterocycles. The van der Waals surface area contributed by atoms with Gasteiger partial charge in [-0.1, -0.05) is 6.92 Å². The van der Waals surface area contributed by atoms with Crippen molar-refractivity contribution in [2.24, 2.45) is 5.73 Å². The second kappa shape index (κ2) is 8.05. The number of ether oxygens (including phenoxy) is 2. The molecule has 2 rings (SSSR count). The van der Waals surface area contributed by atoms with E-state index in [2.05, 4.69) is 35.9 Å². The van der Waals surface area contributed by atoms with E-state index in [1.807, 2.05) is 13.0 Å². The summed E-state index contributed by atoms with van der Waals surface area (Å²) in [5.74, 6) is 0.941. The minimum Gasteiger partial charge on any atom is -0.494 e. The molecule has 21 heavy (non-hydrogen) atoms. The molecule has 1 unspecified atom stereocenters. The molecule has 0 aliphatic heterocycles. The van der Waals surface area contributed by atoms with Crippen molar-refractivity contribution in [3.8, 4) is 5.75 Å². The molecule has 2 aromatic rings. The van der Waals surface area contributed by atoms with Gasteiger partial charge in [-0.3, -0.25) is 0 Å². The van der Waals surface area contributed by atoms with E-state index in [-0.39, 0.29) is 6.10 Å². The van der Waals surface area contributed by atoms with Gasteiger partial charge in [0.2, 0.25) is 0 Å². The average Bonchev–Trinajstić information content (AvgIpc) is 2.91. The Morgan fingerprint density at radius 1 is 1.24 bits per heavy atom. The molecule has 0 amide bonds. The quantitative estimate of drug-likeness (QED) is 0.771. The van der Waals surface area contributed by atoms with Gasteiger partial charge in [0.15, 0.2) is 0 Å². The molecular formula is C17H26N2O2. The summed E-state index contributed by atoms with van der Waals surface area (Å²) < 4.78 is 13.5. The Morgan fingerprint density at radius 3 is 2.81 bits per heavy atom. The molecule has 0 spiro atoms. The minimum absolute atomic E-state index is 0.139. The summed E-state index contributed by atoms with van der Waals surface area (Å²) in [6.07, 6.45) is 4.21. The molecule has 1 aromatic carbocycles. The summed E-state index contributed by atoms with van der Waals surface area (Å²) in [6.45, 7) is 7.08. The number of nitrogens with zero attached hydrogens (tertiary/aromatic N) is 1. The van der Waals surface area contributed by atoms with Crippen LogP contribution < -0.4 is 10.5 Å². The van der Waals surface area contributed by atoms with E-state index in [1.165, 1.54) is 10.9 Å². The third kappa shape index (κ3) is 4.22. The van der Waals surface area contributed by atoms with Crippen LogP contribution in [0.15, 0.2) is 30.5 Å². The number of hydrogen-bond acceptors (Lipinski definition) is 3. The van der Waals surface area contributed by atoms with Crippen LogP contribution in [0.3, 0.4) is 0 Å². The lowest BCUT2D eigenvalue weighted by Crippen LogP contribution is -2.25. The molecule has 116 valence electrons. The van der Waals surface area contributed by atoms with Crippen LogP contribution in [-0.2, 0) is 11.3 Å². The van der Waals surface area contributed by atoms with Crippen molar-refractivity contribution >= 4 is 10.9 Å². The molecule has 0 bridgehead atoms. The van der Waals surface area contributed by atoms with Gasteiger partial charge in [0.25, 0.3) is 0 Å². The molecule has 0 radical (unpaired) electrons. The first kappa shape index (κ1) is 15.9. The van der Waals surface area contributed by atoms with Gasteiger partial charge in [-0.25, -0.2) is 0 Å². The topological polar surface area (TPSA) is 49.4 Å². The third-order valence-electron chi connectivity index (χ3n) is 3.57. The largest absolute Gasteiger partial charge is 0.494 e. The minimum atomic E-state index is 0.139. The Morgan fingerprint density at radius 2 is 2.10 bits per heavy atom. The summed E-state index contributed by atoms with van der Waals surface area (Å²) in [6, 6.07) is 8.40. The summed E-state index contributed by atoms with van der Waals surface area (Å²) in [5.41, 5.74) is 6.95. The fourth-order valence-corrected chi connectivity index (χ4v) is 2.47. The van der Waals surface area contributed by atoms with Gasteiger partial charge >= 0.3 is 0 Å². The lowest BCUT2D eigenvalue weighted by atomic mass is 10.2. The van der Waals surface area contributed by atoms with Crippen molar-refractivity contribution in [3.05, 3.63) is 30.5 Å².